The second-order valence-corrected chi connectivity index (χ2v) is 5.42. The van der Waals surface area contributed by atoms with E-state index in [0.717, 1.165) is 45.4 Å². The van der Waals surface area contributed by atoms with E-state index in [2.05, 4.69) is 29.1 Å². The summed E-state index contributed by atoms with van der Waals surface area (Å²) in [5, 5.41) is 0. The normalized spacial score (nSPS) is 24.4. The van der Waals surface area contributed by atoms with E-state index in [1.807, 2.05) is 12.4 Å². The minimum atomic E-state index is 0.115. The van der Waals surface area contributed by atoms with Gasteiger partial charge in [0.15, 0.2) is 0 Å². The van der Waals surface area contributed by atoms with Crippen molar-refractivity contribution in [2.24, 2.45) is 5.73 Å². The molecule has 1 aromatic heterocycles. The number of pyridine rings is 1. The Kier molecular flexibility index (Phi) is 5.31. The Morgan fingerprint density at radius 3 is 2.84 bits per heavy atom. The lowest BCUT2D eigenvalue weighted by molar-refractivity contribution is 0.0899. The minimum absolute atomic E-state index is 0.115. The molecule has 4 nitrogen and oxygen atoms in total. The highest BCUT2D eigenvalue weighted by Gasteiger charge is 2.33. The largest absolute Gasteiger partial charge is 0.381 e. The maximum absolute atomic E-state index is 6.07. The van der Waals surface area contributed by atoms with Crippen molar-refractivity contribution in [1.82, 2.24) is 9.88 Å². The first-order valence-electron chi connectivity index (χ1n) is 7.15. The van der Waals surface area contributed by atoms with Gasteiger partial charge in [-0.05, 0) is 50.4 Å². The fourth-order valence-electron chi connectivity index (χ4n) is 2.82. The molecular formula is C15H25N3O. The standard InChI is InChI=1S/C15H25N3O/c1-18(10-5-14-3-8-17-9-4-14)15(13-16)6-2-11-19-12-7-15/h3-4,8-9H,2,5-7,10-13,16H2,1H3. The van der Waals surface area contributed by atoms with Crippen LogP contribution >= 0.6 is 0 Å². The SMILES string of the molecule is CN(CCc1ccncc1)C1(CN)CCCOCC1. The molecule has 0 bridgehead atoms. The van der Waals surface area contributed by atoms with Gasteiger partial charge >= 0.3 is 0 Å². The van der Waals surface area contributed by atoms with Gasteiger partial charge in [0.2, 0.25) is 0 Å². The third-order valence-corrected chi connectivity index (χ3v) is 4.32. The highest BCUT2D eigenvalue weighted by atomic mass is 16.5. The molecule has 0 amide bonds. The van der Waals surface area contributed by atoms with Crippen LogP contribution in [0.1, 0.15) is 24.8 Å². The van der Waals surface area contributed by atoms with E-state index in [-0.39, 0.29) is 5.54 Å². The Hall–Kier alpha value is -0.970. The summed E-state index contributed by atoms with van der Waals surface area (Å²) in [7, 11) is 2.19. The number of hydrogen-bond acceptors (Lipinski definition) is 4. The van der Waals surface area contributed by atoms with Crippen molar-refractivity contribution < 1.29 is 4.74 Å². The number of ether oxygens (including phenoxy) is 1. The van der Waals surface area contributed by atoms with E-state index in [4.69, 9.17) is 10.5 Å². The average molecular weight is 263 g/mol. The summed E-state index contributed by atoms with van der Waals surface area (Å²) in [5.74, 6) is 0. The predicted molar refractivity (Wildman–Crippen MR) is 77.0 cm³/mol. The molecule has 2 heterocycles. The number of rotatable bonds is 5. The minimum Gasteiger partial charge on any atom is -0.381 e. The van der Waals surface area contributed by atoms with E-state index >= 15 is 0 Å². The van der Waals surface area contributed by atoms with E-state index < -0.39 is 0 Å². The van der Waals surface area contributed by atoms with Crippen LogP contribution in [0.15, 0.2) is 24.5 Å². The molecule has 106 valence electrons. The van der Waals surface area contributed by atoms with Crippen molar-refractivity contribution in [2.75, 3.05) is 33.4 Å². The molecule has 1 fully saturated rings. The fraction of sp³-hybridized carbons (Fsp3) is 0.667. The van der Waals surface area contributed by atoms with Crippen LogP contribution in [0.5, 0.6) is 0 Å². The molecule has 1 aromatic rings. The van der Waals surface area contributed by atoms with Crippen molar-refractivity contribution in [2.45, 2.75) is 31.2 Å². The smallest absolute Gasteiger partial charge is 0.0484 e. The van der Waals surface area contributed by atoms with E-state index in [1.54, 1.807) is 0 Å². The number of hydrogen-bond donors (Lipinski definition) is 1. The quantitative estimate of drug-likeness (QED) is 0.873. The van der Waals surface area contributed by atoms with Crippen molar-refractivity contribution in [3.63, 3.8) is 0 Å². The van der Waals surface area contributed by atoms with Crippen LogP contribution in [-0.4, -0.2) is 48.8 Å². The van der Waals surface area contributed by atoms with Gasteiger partial charge in [-0.1, -0.05) is 0 Å². The lowest BCUT2D eigenvalue weighted by Crippen LogP contribution is -2.52. The highest BCUT2D eigenvalue weighted by Crippen LogP contribution is 2.26. The Balaban J connectivity index is 1.94. The maximum atomic E-state index is 6.07. The van der Waals surface area contributed by atoms with Crippen LogP contribution in [0.4, 0.5) is 0 Å². The van der Waals surface area contributed by atoms with Gasteiger partial charge in [0.1, 0.15) is 0 Å². The van der Waals surface area contributed by atoms with Gasteiger partial charge in [-0.15, -0.1) is 0 Å². The van der Waals surface area contributed by atoms with Gasteiger partial charge in [-0.2, -0.15) is 0 Å². The van der Waals surface area contributed by atoms with Crippen molar-refractivity contribution in [3.8, 4) is 0 Å². The number of likely N-dealkylation sites (N-methyl/N-ethyl adjacent to an activating group) is 1. The van der Waals surface area contributed by atoms with Crippen LogP contribution in [0.3, 0.4) is 0 Å². The van der Waals surface area contributed by atoms with Crippen LogP contribution < -0.4 is 5.73 Å². The summed E-state index contributed by atoms with van der Waals surface area (Å²) in [6.45, 7) is 3.45. The Labute approximate surface area is 116 Å². The zero-order chi connectivity index (χ0) is 13.6. The molecule has 1 aliphatic rings. The van der Waals surface area contributed by atoms with Crippen molar-refractivity contribution in [3.05, 3.63) is 30.1 Å². The Morgan fingerprint density at radius 1 is 1.32 bits per heavy atom. The molecule has 0 aliphatic carbocycles. The molecule has 2 N–H and O–H groups in total. The zero-order valence-corrected chi connectivity index (χ0v) is 11.8. The summed E-state index contributed by atoms with van der Waals surface area (Å²) in [5.41, 5.74) is 7.52. The molecule has 1 saturated heterocycles. The number of nitrogens with zero attached hydrogens (tertiary/aromatic N) is 2. The van der Waals surface area contributed by atoms with Crippen LogP contribution in [0, 0.1) is 0 Å². The maximum Gasteiger partial charge on any atom is 0.0484 e. The predicted octanol–water partition coefficient (Wildman–Crippen LogP) is 1.45. The average Bonchev–Trinajstić information content (AvgIpc) is 2.72. The van der Waals surface area contributed by atoms with Gasteiger partial charge in [0.05, 0.1) is 0 Å². The lowest BCUT2D eigenvalue weighted by Gasteiger charge is -2.40. The number of nitrogens with two attached hydrogens (primary N) is 1. The highest BCUT2D eigenvalue weighted by molar-refractivity contribution is 5.10. The summed E-state index contributed by atoms with van der Waals surface area (Å²) >= 11 is 0. The summed E-state index contributed by atoms with van der Waals surface area (Å²) < 4.78 is 5.57. The van der Waals surface area contributed by atoms with Gasteiger partial charge in [0.25, 0.3) is 0 Å². The summed E-state index contributed by atoms with van der Waals surface area (Å²) in [4.78, 5) is 6.49. The van der Waals surface area contributed by atoms with Crippen LogP contribution in [-0.2, 0) is 11.2 Å². The fourth-order valence-corrected chi connectivity index (χ4v) is 2.82. The van der Waals surface area contributed by atoms with Gasteiger partial charge in [0, 0.05) is 44.2 Å². The third-order valence-electron chi connectivity index (χ3n) is 4.32. The molecule has 0 spiro atoms. The molecule has 2 rings (SSSR count). The van der Waals surface area contributed by atoms with E-state index in [0.29, 0.717) is 6.54 Å². The number of aromatic nitrogens is 1. The zero-order valence-electron chi connectivity index (χ0n) is 11.8. The second-order valence-electron chi connectivity index (χ2n) is 5.42. The van der Waals surface area contributed by atoms with Gasteiger partial charge in [-0.25, -0.2) is 0 Å². The molecule has 0 saturated carbocycles. The molecule has 0 radical (unpaired) electrons. The molecule has 4 heteroatoms. The third kappa shape index (κ3) is 3.75. The summed E-state index contributed by atoms with van der Waals surface area (Å²) in [6, 6.07) is 4.17. The van der Waals surface area contributed by atoms with Gasteiger partial charge in [-0.3, -0.25) is 9.88 Å². The van der Waals surface area contributed by atoms with Gasteiger partial charge < -0.3 is 10.5 Å². The van der Waals surface area contributed by atoms with Crippen LogP contribution in [0.2, 0.25) is 0 Å². The lowest BCUT2D eigenvalue weighted by atomic mass is 9.88. The second kappa shape index (κ2) is 6.98. The topological polar surface area (TPSA) is 51.4 Å². The van der Waals surface area contributed by atoms with Crippen molar-refractivity contribution in [1.29, 1.82) is 0 Å². The van der Waals surface area contributed by atoms with E-state index in [1.165, 1.54) is 5.56 Å². The molecular weight excluding hydrogens is 238 g/mol. The van der Waals surface area contributed by atoms with Crippen molar-refractivity contribution >= 4 is 0 Å². The molecule has 1 aliphatic heterocycles. The summed E-state index contributed by atoms with van der Waals surface area (Å²) in [6.07, 6.45) is 8.03. The monoisotopic (exact) mass is 263 g/mol. The first-order valence-corrected chi connectivity index (χ1v) is 7.15. The molecule has 1 atom stereocenters. The Bertz CT molecular complexity index is 361. The van der Waals surface area contributed by atoms with Crippen LogP contribution in [0.25, 0.3) is 0 Å². The molecule has 19 heavy (non-hydrogen) atoms. The first kappa shape index (κ1) is 14.4. The molecule has 0 aromatic carbocycles. The molecule has 1 unspecified atom stereocenters. The first-order chi connectivity index (χ1) is 9.27. The Morgan fingerprint density at radius 2 is 2.11 bits per heavy atom. The van der Waals surface area contributed by atoms with E-state index in [9.17, 15) is 0 Å².